The maximum Gasteiger partial charge on any atom is 0.218 e. The van der Waals surface area contributed by atoms with Gasteiger partial charge in [-0.25, -0.2) is 4.98 Å². The van der Waals surface area contributed by atoms with Crippen LogP contribution in [0.25, 0.3) is 0 Å². The predicted molar refractivity (Wildman–Crippen MR) is 83.5 cm³/mol. The molecule has 0 aromatic carbocycles. The summed E-state index contributed by atoms with van der Waals surface area (Å²) in [4.78, 5) is 4.25. The first kappa shape index (κ1) is 17.2. The van der Waals surface area contributed by atoms with Crippen molar-refractivity contribution in [3.05, 3.63) is 23.9 Å². The van der Waals surface area contributed by atoms with Crippen molar-refractivity contribution in [2.45, 2.75) is 46.8 Å². The van der Waals surface area contributed by atoms with Gasteiger partial charge in [-0.1, -0.05) is 25.1 Å². The molecule has 0 fully saturated rings. The third-order valence-corrected chi connectivity index (χ3v) is 3.24. The third kappa shape index (κ3) is 5.59. The highest BCUT2D eigenvalue weighted by molar-refractivity contribution is 5.85. The molecule has 0 aliphatic rings. The van der Waals surface area contributed by atoms with Gasteiger partial charge in [0.15, 0.2) is 0 Å². The molecule has 1 aromatic heterocycles. The Labute approximate surface area is 126 Å². The number of oxime groups is 1. The Morgan fingerprint density at radius 1 is 1.52 bits per heavy atom. The van der Waals surface area contributed by atoms with E-state index in [1.54, 1.807) is 6.20 Å². The number of nitrogens with one attached hydrogen (secondary N) is 1. The first-order valence-electron chi connectivity index (χ1n) is 7.16. The van der Waals surface area contributed by atoms with Gasteiger partial charge in [0.1, 0.15) is 5.84 Å². The van der Waals surface area contributed by atoms with Gasteiger partial charge in [-0.15, -0.1) is 0 Å². The molecule has 0 aliphatic heterocycles. The highest BCUT2D eigenvalue weighted by Crippen LogP contribution is 2.20. The molecule has 0 unspecified atom stereocenters. The van der Waals surface area contributed by atoms with Crippen molar-refractivity contribution >= 4 is 5.84 Å². The molecule has 0 amide bonds. The number of rotatable bonds is 8. The van der Waals surface area contributed by atoms with Crippen molar-refractivity contribution < 1.29 is 9.94 Å². The van der Waals surface area contributed by atoms with Crippen LogP contribution in [0.4, 0.5) is 0 Å². The second kappa shape index (κ2) is 7.83. The Morgan fingerprint density at radius 2 is 2.24 bits per heavy atom. The van der Waals surface area contributed by atoms with Crippen LogP contribution in [0, 0.1) is 5.41 Å². The van der Waals surface area contributed by atoms with E-state index >= 15 is 0 Å². The van der Waals surface area contributed by atoms with Crippen molar-refractivity contribution in [1.82, 2.24) is 10.3 Å². The highest BCUT2D eigenvalue weighted by atomic mass is 16.5. The zero-order valence-electron chi connectivity index (χ0n) is 13.3. The molecule has 0 aliphatic carbocycles. The van der Waals surface area contributed by atoms with E-state index in [1.807, 2.05) is 39.8 Å². The first-order valence-corrected chi connectivity index (χ1v) is 7.16. The van der Waals surface area contributed by atoms with Crippen molar-refractivity contribution in [3.8, 4) is 5.88 Å². The van der Waals surface area contributed by atoms with Crippen LogP contribution in [0.2, 0.25) is 0 Å². The second-order valence-electron chi connectivity index (χ2n) is 5.93. The van der Waals surface area contributed by atoms with E-state index in [9.17, 15) is 0 Å². The lowest BCUT2D eigenvalue weighted by Gasteiger charge is -2.23. The monoisotopic (exact) mass is 294 g/mol. The molecule has 6 nitrogen and oxygen atoms in total. The molecule has 1 heterocycles. The van der Waals surface area contributed by atoms with Gasteiger partial charge in [0.25, 0.3) is 0 Å². The quantitative estimate of drug-likeness (QED) is 0.224. The molecule has 6 heteroatoms. The summed E-state index contributed by atoms with van der Waals surface area (Å²) < 4.78 is 5.68. The van der Waals surface area contributed by atoms with Crippen LogP contribution in [0.5, 0.6) is 5.88 Å². The number of ether oxygens (including phenoxy) is 1. The van der Waals surface area contributed by atoms with E-state index in [-0.39, 0.29) is 17.4 Å². The molecule has 4 N–H and O–H groups in total. The van der Waals surface area contributed by atoms with E-state index in [2.05, 4.69) is 15.5 Å². The number of pyridine rings is 1. The Morgan fingerprint density at radius 3 is 2.86 bits per heavy atom. The Bertz CT molecular complexity index is 472. The summed E-state index contributed by atoms with van der Waals surface area (Å²) in [7, 11) is 0. The Balaban J connectivity index is 2.50. The van der Waals surface area contributed by atoms with E-state index in [1.165, 1.54) is 0 Å². The van der Waals surface area contributed by atoms with Gasteiger partial charge in [0, 0.05) is 23.7 Å². The largest absolute Gasteiger partial charge is 0.475 e. The number of hydrogen-bond acceptors (Lipinski definition) is 5. The third-order valence-electron chi connectivity index (χ3n) is 3.24. The lowest BCUT2D eigenvalue weighted by molar-refractivity contribution is 0.229. The molecule has 0 spiro atoms. The number of aromatic nitrogens is 1. The molecule has 0 atom stereocenters. The van der Waals surface area contributed by atoms with Crippen LogP contribution in [0.1, 0.15) is 39.7 Å². The smallest absolute Gasteiger partial charge is 0.218 e. The van der Waals surface area contributed by atoms with Crippen molar-refractivity contribution in [2.75, 3.05) is 6.54 Å². The summed E-state index contributed by atoms with van der Waals surface area (Å²) in [5.41, 5.74) is 6.35. The average molecular weight is 294 g/mol. The molecular weight excluding hydrogens is 268 g/mol. The van der Waals surface area contributed by atoms with E-state index in [0.717, 1.165) is 18.5 Å². The fourth-order valence-electron chi connectivity index (χ4n) is 1.78. The number of nitrogens with two attached hydrogens (primary N) is 1. The lowest BCUT2D eigenvalue weighted by Crippen LogP contribution is -2.34. The number of hydrogen-bond donors (Lipinski definition) is 3. The lowest BCUT2D eigenvalue weighted by atomic mass is 9.88. The average Bonchev–Trinajstić information content (AvgIpc) is 2.43. The van der Waals surface area contributed by atoms with Gasteiger partial charge in [-0.3, -0.25) is 0 Å². The molecule has 118 valence electrons. The minimum atomic E-state index is -0.339. The van der Waals surface area contributed by atoms with Gasteiger partial charge in [-0.2, -0.15) is 0 Å². The molecule has 0 saturated heterocycles. The topological polar surface area (TPSA) is 92.8 Å². The molecule has 1 aromatic rings. The van der Waals surface area contributed by atoms with Gasteiger partial charge in [-0.05, 0) is 32.9 Å². The fraction of sp³-hybridized carbons (Fsp3) is 0.600. The fourth-order valence-corrected chi connectivity index (χ4v) is 1.78. The highest BCUT2D eigenvalue weighted by Gasteiger charge is 2.22. The summed E-state index contributed by atoms with van der Waals surface area (Å²) in [6.07, 6.45) is 2.59. The maximum absolute atomic E-state index is 8.74. The van der Waals surface area contributed by atoms with E-state index in [0.29, 0.717) is 12.4 Å². The standard InChI is InChI=1S/C15H26N4O2/c1-11(2)21-13-12(6-5-8-18-13)10-17-9-7-15(3,4)14(16)19-20/h5-6,8,11,17,20H,7,9-10H2,1-4H3,(H2,16,19). The van der Waals surface area contributed by atoms with Gasteiger partial charge in [0.2, 0.25) is 5.88 Å². The van der Waals surface area contributed by atoms with Crippen LogP contribution >= 0.6 is 0 Å². The van der Waals surface area contributed by atoms with Crippen molar-refractivity contribution in [3.63, 3.8) is 0 Å². The van der Waals surface area contributed by atoms with Crippen LogP contribution in [-0.4, -0.2) is 28.7 Å². The van der Waals surface area contributed by atoms with Crippen molar-refractivity contribution in [1.29, 1.82) is 0 Å². The van der Waals surface area contributed by atoms with Crippen LogP contribution in [0.15, 0.2) is 23.5 Å². The summed E-state index contributed by atoms with van der Waals surface area (Å²) in [6, 6.07) is 3.89. The van der Waals surface area contributed by atoms with Crippen LogP contribution in [-0.2, 0) is 6.54 Å². The molecule has 0 saturated carbocycles. The van der Waals surface area contributed by atoms with Gasteiger partial charge in [0.05, 0.1) is 6.10 Å². The molecule has 21 heavy (non-hydrogen) atoms. The molecule has 0 radical (unpaired) electrons. The SMILES string of the molecule is CC(C)Oc1ncccc1CNCCC(C)(C)C(N)=NO. The predicted octanol–water partition coefficient (Wildman–Crippen LogP) is 2.12. The van der Waals surface area contributed by atoms with Crippen LogP contribution < -0.4 is 15.8 Å². The normalized spacial score (nSPS) is 12.7. The van der Waals surface area contributed by atoms with Crippen molar-refractivity contribution in [2.24, 2.45) is 16.3 Å². The zero-order valence-corrected chi connectivity index (χ0v) is 13.3. The molecule has 0 bridgehead atoms. The summed E-state index contributed by atoms with van der Waals surface area (Å²) in [5, 5.41) is 15.2. The number of nitrogens with zero attached hydrogens (tertiary/aromatic N) is 2. The summed E-state index contributed by atoms with van der Waals surface area (Å²) in [5.74, 6) is 0.908. The number of amidine groups is 1. The zero-order chi connectivity index (χ0) is 15.9. The maximum atomic E-state index is 8.74. The van der Waals surface area contributed by atoms with Crippen LogP contribution in [0.3, 0.4) is 0 Å². The minimum Gasteiger partial charge on any atom is -0.475 e. The second-order valence-corrected chi connectivity index (χ2v) is 5.93. The minimum absolute atomic E-state index is 0.0955. The molecular formula is C15H26N4O2. The summed E-state index contributed by atoms with van der Waals surface area (Å²) >= 11 is 0. The van der Waals surface area contributed by atoms with E-state index in [4.69, 9.17) is 15.7 Å². The molecule has 1 rings (SSSR count). The Kier molecular flexibility index (Phi) is 6.42. The van der Waals surface area contributed by atoms with E-state index < -0.39 is 0 Å². The van der Waals surface area contributed by atoms with Gasteiger partial charge >= 0.3 is 0 Å². The summed E-state index contributed by atoms with van der Waals surface area (Å²) in [6.45, 7) is 9.26. The first-order chi connectivity index (χ1) is 9.86. The van der Waals surface area contributed by atoms with Gasteiger partial charge < -0.3 is 21.0 Å². The Hall–Kier alpha value is -1.82.